The number of halogens is 1. The van der Waals surface area contributed by atoms with Crippen LogP contribution >= 0.6 is 0 Å². The first-order valence-electron chi connectivity index (χ1n) is 10.8. The fraction of sp³-hybridized carbons (Fsp3) is 0.609. The second kappa shape index (κ2) is 7.27. The van der Waals surface area contributed by atoms with Crippen LogP contribution in [0.4, 0.5) is 4.39 Å². The van der Waals surface area contributed by atoms with Gasteiger partial charge >= 0.3 is 0 Å². The third-order valence-electron chi connectivity index (χ3n) is 7.12. The molecule has 4 aliphatic heterocycles. The maximum atomic E-state index is 13.5. The summed E-state index contributed by atoms with van der Waals surface area (Å²) in [7, 11) is 0. The van der Waals surface area contributed by atoms with E-state index in [0.717, 1.165) is 25.6 Å². The molecule has 6 rings (SSSR count). The highest BCUT2D eigenvalue weighted by Gasteiger charge is 2.53. The molecule has 2 aromatic rings. The van der Waals surface area contributed by atoms with E-state index < -0.39 is 0 Å². The van der Waals surface area contributed by atoms with Gasteiger partial charge in [0, 0.05) is 43.8 Å². The first-order valence-corrected chi connectivity index (χ1v) is 10.8. The van der Waals surface area contributed by atoms with E-state index in [1.54, 1.807) is 12.1 Å². The van der Waals surface area contributed by atoms with Gasteiger partial charge < -0.3 is 4.57 Å². The van der Waals surface area contributed by atoms with Gasteiger partial charge in [-0.1, -0.05) is 26.0 Å². The monoisotopic (exact) mass is 382 g/mol. The van der Waals surface area contributed by atoms with Gasteiger partial charge in [-0.25, -0.2) is 9.37 Å². The van der Waals surface area contributed by atoms with Crippen molar-refractivity contribution >= 4 is 0 Å². The maximum absolute atomic E-state index is 13.5. The summed E-state index contributed by atoms with van der Waals surface area (Å²) in [6.45, 7) is 10.0. The Labute approximate surface area is 167 Å². The Hall–Kier alpha value is -1.72. The van der Waals surface area contributed by atoms with Gasteiger partial charge in [-0.3, -0.25) is 9.80 Å². The van der Waals surface area contributed by atoms with Crippen molar-refractivity contribution in [2.75, 3.05) is 19.6 Å². The van der Waals surface area contributed by atoms with Crippen LogP contribution < -0.4 is 0 Å². The average Bonchev–Trinajstić information content (AvgIpc) is 3.29. The molecular weight excluding hydrogens is 351 g/mol. The molecule has 5 heterocycles. The Morgan fingerprint density at radius 1 is 1.11 bits per heavy atom. The summed E-state index contributed by atoms with van der Waals surface area (Å²) in [4.78, 5) is 9.86. The minimum absolute atomic E-state index is 0.141. The number of imidazole rings is 1. The van der Waals surface area contributed by atoms with Crippen molar-refractivity contribution in [2.24, 2.45) is 11.8 Å². The molecule has 0 unspecified atom stereocenters. The summed E-state index contributed by atoms with van der Waals surface area (Å²) in [5, 5.41) is 0. The molecule has 4 saturated heterocycles. The van der Waals surface area contributed by atoms with E-state index in [0.29, 0.717) is 23.9 Å². The molecule has 4 fully saturated rings. The van der Waals surface area contributed by atoms with Gasteiger partial charge in [0.25, 0.3) is 0 Å². The smallest absolute Gasteiger partial charge is 0.123 e. The average molecular weight is 383 g/mol. The normalized spacial score (nSPS) is 32.2. The van der Waals surface area contributed by atoms with Crippen molar-refractivity contribution in [2.45, 2.75) is 57.8 Å². The summed E-state index contributed by atoms with van der Waals surface area (Å²) in [6.07, 6.45) is 6.67. The van der Waals surface area contributed by atoms with Crippen molar-refractivity contribution in [1.82, 2.24) is 19.4 Å². The molecule has 0 aliphatic carbocycles. The highest BCUT2D eigenvalue weighted by molar-refractivity contribution is 5.27. The molecule has 0 N–H and O–H groups in total. The molecule has 3 atom stereocenters. The number of hydrogen-bond acceptors (Lipinski definition) is 3. The lowest BCUT2D eigenvalue weighted by atomic mass is 9.75. The van der Waals surface area contributed by atoms with Gasteiger partial charge in [-0.2, -0.15) is 0 Å². The number of nitrogens with zero attached hydrogens (tertiary/aromatic N) is 4. The predicted molar refractivity (Wildman–Crippen MR) is 108 cm³/mol. The number of benzene rings is 1. The molecule has 4 aliphatic rings. The van der Waals surface area contributed by atoms with E-state index in [1.165, 1.54) is 37.2 Å². The van der Waals surface area contributed by atoms with E-state index in [1.807, 2.05) is 24.7 Å². The first-order chi connectivity index (χ1) is 13.6. The Morgan fingerprint density at radius 3 is 2.57 bits per heavy atom. The van der Waals surface area contributed by atoms with E-state index in [-0.39, 0.29) is 5.82 Å². The first kappa shape index (κ1) is 18.3. The van der Waals surface area contributed by atoms with Crippen molar-refractivity contribution in [3.63, 3.8) is 0 Å². The lowest BCUT2D eigenvalue weighted by Gasteiger charge is -2.51. The number of rotatable bonds is 5. The minimum atomic E-state index is -0.141. The molecule has 4 nitrogen and oxygen atoms in total. The number of likely N-dealkylation sites (tertiary alicyclic amines) is 1. The highest BCUT2D eigenvalue weighted by Crippen LogP contribution is 2.46. The Morgan fingerprint density at radius 2 is 1.86 bits per heavy atom. The standard InChI is InChI=1S/C23H31FN4/c1-16(2)12-28-15-25-11-20(28)13-27-14-21(17-3-5-19(24)6-4-17)23-22(27)18-7-9-26(23)10-8-18/h3-6,11,15-16,18,21-23H,7-10,12-14H2,1-2H3/t21-,22+,23+/m0/s1. The van der Waals surface area contributed by atoms with Crippen LogP contribution in [0.2, 0.25) is 0 Å². The third-order valence-corrected chi connectivity index (χ3v) is 7.12. The molecule has 28 heavy (non-hydrogen) atoms. The van der Waals surface area contributed by atoms with Gasteiger partial charge in [0.15, 0.2) is 0 Å². The van der Waals surface area contributed by atoms with Crippen LogP contribution in [-0.4, -0.2) is 51.1 Å². The summed E-state index contributed by atoms with van der Waals surface area (Å²) >= 11 is 0. The molecule has 2 bridgehead atoms. The topological polar surface area (TPSA) is 24.3 Å². The number of piperidine rings is 3. The Bertz CT molecular complexity index is 806. The molecule has 0 amide bonds. The zero-order valence-electron chi connectivity index (χ0n) is 17.0. The molecular formula is C23H31FN4. The van der Waals surface area contributed by atoms with Gasteiger partial charge in [0.1, 0.15) is 5.82 Å². The largest absolute Gasteiger partial charge is 0.333 e. The fourth-order valence-corrected chi connectivity index (χ4v) is 5.97. The van der Waals surface area contributed by atoms with Gasteiger partial charge in [0.05, 0.1) is 12.0 Å². The van der Waals surface area contributed by atoms with Crippen molar-refractivity contribution < 1.29 is 4.39 Å². The lowest BCUT2D eigenvalue weighted by Crippen LogP contribution is -2.60. The van der Waals surface area contributed by atoms with Crippen LogP contribution in [0.1, 0.15) is 43.9 Å². The number of aromatic nitrogens is 2. The van der Waals surface area contributed by atoms with Crippen LogP contribution in [0.25, 0.3) is 0 Å². The summed E-state index contributed by atoms with van der Waals surface area (Å²) in [5.74, 6) is 1.73. The van der Waals surface area contributed by atoms with Gasteiger partial charge in [-0.05, 0) is 55.5 Å². The molecule has 1 aromatic carbocycles. The highest BCUT2D eigenvalue weighted by atomic mass is 19.1. The second-order valence-corrected chi connectivity index (χ2v) is 9.37. The molecule has 0 saturated carbocycles. The van der Waals surface area contributed by atoms with Crippen molar-refractivity contribution in [3.05, 3.63) is 53.9 Å². The van der Waals surface area contributed by atoms with E-state index in [2.05, 4.69) is 33.2 Å². The molecule has 1 aromatic heterocycles. The number of hydrogen-bond donors (Lipinski definition) is 0. The predicted octanol–water partition coefficient (Wildman–Crippen LogP) is 3.74. The van der Waals surface area contributed by atoms with Gasteiger partial charge in [-0.15, -0.1) is 0 Å². The third kappa shape index (κ3) is 3.18. The fourth-order valence-electron chi connectivity index (χ4n) is 5.97. The maximum Gasteiger partial charge on any atom is 0.123 e. The quantitative estimate of drug-likeness (QED) is 0.787. The van der Waals surface area contributed by atoms with E-state index >= 15 is 0 Å². The summed E-state index contributed by atoms with van der Waals surface area (Å²) < 4.78 is 15.8. The molecule has 5 heteroatoms. The minimum Gasteiger partial charge on any atom is -0.333 e. The Kier molecular flexibility index (Phi) is 4.76. The molecule has 0 spiro atoms. The second-order valence-electron chi connectivity index (χ2n) is 9.37. The molecule has 0 radical (unpaired) electrons. The van der Waals surface area contributed by atoms with Crippen LogP contribution in [0.15, 0.2) is 36.8 Å². The lowest BCUT2D eigenvalue weighted by molar-refractivity contribution is -0.00925. The van der Waals surface area contributed by atoms with Crippen LogP contribution in [-0.2, 0) is 13.1 Å². The van der Waals surface area contributed by atoms with E-state index in [9.17, 15) is 4.39 Å². The van der Waals surface area contributed by atoms with Crippen LogP contribution in [0.3, 0.4) is 0 Å². The summed E-state index contributed by atoms with van der Waals surface area (Å²) in [5.41, 5.74) is 2.62. The Balaban J connectivity index is 1.44. The zero-order valence-corrected chi connectivity index (χ0v) is 17.0. The van der Waals surface area contributed by atoms with Crippen molar-refractivity contribution in [1.29, 1.82) is 0 Å². The van der Waals surface area contributed by atoms with Crippen molar-refractivity contribution in [3.8, 4) is 0 Å². The van der Waals surface area contributed by atoms with E-state index in [4.69, 9.17) is 0 Å². The SMILES string of the molecule is CC(C)Cn1cncc1CN1C[C@@H](c2ccc(F)cc2)[C@@H]2[C@H]1C1CCN2CC1. The van der Waals surface area contributed by atoms with Crippen LogP contribution in [0, 0.1) is 17.7 Å². The zero-order chi connectivity index (χ0) is 19.3. The molecule has 150 valence electrons. The van der Waals surface area contributed by atoms with Gasteiger partial charge in [0.2, 0.25) is 0 Å². The number of fused-ring (bicyclic) bond motifs is 2. The summed E-state index contributed by atoms with van der Waals surface area (Å²) in [6, 6.07) is 8.45. The van der Waals surface area contributed by atoms with Crippen LogP contribution in [0.5, 0.6) is 0 Å².